The molecule has 2 atom stereocenters. The van der Waals surface area contributed by atoms with Gasteiger partial charge in [0.25, 0.3) is 0 Å². The number of hydrogen-bond acceptors (Lipinski definition) is 2. The Kier molecular flexibility index (Phi) is 4.83. The van der Waals surface area contributed by atoms with Crippen molar-refractivity contribution in [3.8, 4) is 12.3 Å². The number of amides is 2. The number of terminal acetylenes is 1. The molecule has 1 rings (SSSR count). The van der Waals surface area contributed by atoms with E-state index in [0.717, 1.165) is 12.8 Å². The maximum absolute atomic E-state index is 11.8. The van der Waals surface area contributed by atoms with Gasteiger partial charge in [-0.3, -0.25) is 0 Å². The molecule has 1 heterocycles. The van der Waals surface area contributed by atoms with E-state index in [1.807, 2.05) is 0 Å². The van der Waals surface area contributed by atoms with E-state index in [-0.39, 0.29) is 12.5 Å². The molecule has 5 heteroatoms. The third-order valence-corrected chi connectivity index (χ3v) is 3.07. The van der Waals surface area contributed by atoms with Crippen molar-refractivity contribution in [3.05, 3.63) is 0 Å². The molecule has 17 heavy (non-hydrogen) atoms. The molecular formula is C12H18N2O3. The Balaban J connectivity index is 2.48. The number of rotatable bonds is 4. The van der Waals surface area contributed by atoms with Crippen molar-refractivity contribution in [3.63, 3.8) is 0 Å². The van der Waals surface area contributed by atoms with E-state index in [9.17, 15) is 9.59 Å². The van der Waals surface area contributed by atoms with Crippen molar-refractivity contribution in [1.82, 2.24) is 10.2 Å². The molecule has 0 saturated carbocycles. The molecule has 0 bridgehead atoms. The van der Waals surface area contributed by atoms with Gasteiger partial charge in [-0.05, 0) is 12.3 Å². The Morgan fingerprint density at radius 1 is 1.65 bits per heavy atom. The van der Waals surface area contributed by atoms with E-state index in [0.29, 0.717) is 19.0 Å². The fourth-order valence-corrected chi connectivity index (χ4v) is 1.91. The predicted molar refractivity (Wildman–Crippen MR) is 63.4 cm³/mol. The molecule has 0 radical (unpaired) electrons. The second kappa shape index (κ2) is 6.14. The van der Waals surface area contributed by atoms with Crippen LogP contribution in [-0.2, 0) is 4.79 Å². The van der Waals surface area contributed by atoms with Crippen molar-refractivity contribution < 1.29 is 14.7 Å². The summed E-state index contributed by atoms with van der Waals surface area (Å²) < 4.78 is 0. The Morgan fingerprint density at radius 2 is 2.35 bits per heavy atom. The highest BCUT2D eigenvalue weighted by molar-refractivity contribution is 5.82. The van der Waals surface area contributed by atoms with Gasteiger partial charge in [0.05, 0.1) is 0 Å². The summed E-state index contributed by atoms with van der Waals surface area (Å²) in [4.78, 5) is 24.3. The quantitative estimate of drug-likeness (QED) is 0.715. The van der Waals surface area contributed by atoms with Crippen molar-refractivity contribution in [2.24, 2.45) is 5.92 Å². The first-order chi connectivity index (χ1) is 8.08. The van der Waals surface area contributed by atoms with Crippen molar-refractivity contribution >= 4 is 12.0 Å². The SMILES string of the molecule is C#CCC(NC(=O)N1CCC(CC)C1)C(=O)O. The van der Waals surface area contributed by atoms with Crippen LogP contribution in [0, 0.1) is 18.3 Å². The number of carbonyl (C=O) groups excluding carboxylic acids is 1. The van der Waals surface area contributed by atoms with Crippen LogP contribution in [0.25, 0.3) is 0 Å². The first-order valence-corrected chi connectivity index (χ1v) is 5.80. The smallest absolute Gasteiger partial charge is 0.327 e. The summed E-state index contributed by atoms with van der Waals surface area (Å²) in [5.41, 5.74) is 0. The molecule has 0 aliphatic carbocycles. The van der Waals surface area contributed by atoms with Crippen LogP contribution in [-0.4, -0.2) is 41.1 Å². The van der Waals surface area contributed by atoms with Gasteiger partial charge in [-0.1, -0.05) is 13.3 Å². The fraction of sp³-hybridized carbons (Fsp3) is 0.667. The lowest BCUT2D eigenvalue weighted by molar-refractivity contribution is -0.139. The maximum atomic E-state index is 11.8. The number of urea groups is 1. The van der Waals surface area contributed by atoms with Gasteiger partial charge in [-0.25, -0.2) is 9.59 Å². The number of carboxylic acids is 1. The van der Waals surface area contributed by atoms with E-state index < -0.39 is 12.0 Å². The molecule has 0 aromatic rings. The first-order valence-electron chi connectivity index (χ1n) is 5.80. The second-order valence-electron chi connectivity index (χ2n) is 4.26. The average molecular weight is 238 g/mol. The molecule has 0 aromatic carbocycles. The summed E-state index contributed by atoms with van der Waals surface area (Å²) in [6.45, 7) is 3.47. The van der Waals surface area contributed by atoms with Gasteiger partial charge in [0.1, 0.15) is 6.04 Å². The van der Waals surface area contributed by atoms with Crippen LogP contribution in [0.15, 0.2) is 0 Å². The molecule has 1 saturated heterocycles. The molecule has 0 aromatic heterocycles. The molecule has 0 spiro atoms. The number of nitrogens with zero attached hydrogens (tertiary/aromatic N) is 1. The van der Waals surface area contributed by atoms with Gasteiger partial charge in [0.15, 0.2) is 0 Å². The molecular weight excluding hydrogens is 220 g/mol. The molecule has 1 aliphatic heterocycles. The summed E-state index contributed by atoms with van der Waals surface area (Å²) in [7, 11) is 0. The summed E-state index contributed by atoms with van der Waals surface area (Å²) in [5, 5.41) is 11.3. The topological polar surface area (TPSA) is 69.6 Å². The van der Waals surface area contributed by atoms with Gasteiger partial charge >= 0.3 is 12.0 Å². The molecule has 94 valence electrons. The average Bonchev–Trinajstić information content (AvgIpc) is 2.76. The molecule has 2 amide bonds. The summed E-state index contributed by atoms with van der Waals surface area (Å²) in [5.74, 6) is 1.68. The third-order valence-electron chi connectivity index (χ3n) is 3.07. The minimum absolute atomic E-state index is 0.00607. The van der Waals surface area contributed by atoms with Crippen molar-refractivity contribution in [2.75, 3.05) is 13.1 Å². The zero-order valence-electron chi connectivity index (χ0n) is 9.98. The summed E-state index contributed by atoms with van der Waals surface area (Å²) in [6, 6.07) is -1.32. The van der Waals surface area contributed by atoms with Crippen LogP contribution in [0.3, 0.4) is 0 Å². The normalized spacial score (nSPS) is 20.7. The zero-order chi connectivity index (χ0) is 12.8. The molecule has 5 nitrogen and oxygen atoms in total. The van der Waals surface area contributed by atoms with Crippen LogP contribution in [0.4, 0.5) is 4.79 Å². The van der Waals surface area contributed by atoms with Crippen LogP contribution in [0.1, 0.15) is 26.2 Å². The lowest BCUT2D eigenvalue weighted by Crippen LogP contribution is -2.47. The van der Waals surface area contributed by atoms with Gasteiger partial charge in [-0.15, -0.1) is 12.3 Å². The first kappa shape index (κ1) is 13.4. The standard InChI is InChI=1S/C12H18N2O3/c1-3-5-10(11(15)16)13-12(17)14-7-6-9(4-2)8-14/h1,9-10H,4-8H2,2H3,(H,13,17)(H,15,16). The van der Waals surface area contributed by atoms with E-state index >= 15 is 0 Å². The number of carboxylic acid groups (broad SMARTS) is 1. The second-order valence-corrected chi connectivity index (χ2v) is 4.26. The highest BCUT2D eigenvalue weighted by Crippen LogP contribution is 2.18. The monoisotopic (exact) mass is 238 g/mol. The van der Waals surface area contributed by atoms with Crippen LogP contribution in [0.5, 0.6) is 0 Å². The van der Waals surface area contributed by atoms with E-state index in [1.165, 1.54) is 0 Å². The Morgan fingerprint density at radius 3 is 2.82 bits per heavy atom. The number of nitrogens with one attached hydrogen (secondary N) is 1. The molecule has 1 aliphatic rings. The van der Waals surface area contributed by atoms with Gasteiger partial charge in [0, 0.05) is 19.5 Å². The molecule has 2 N–H and O–H groups in total. The number of carbonyl (C=O) groups is 2. The molecule has 2 unspecified atom stereocenters. The van der Waals surface area contributed by atoms with Crippen LogP contribution < -0.4 is 5.32 Å². The van der Waals surface area contributed by atoms with E-state index in [1.54, 1.807) is 4.90 Å². The van der Waals surface area contributed by atoms with Gasteiger partial charge in [-0.2, -0.15) is 0 Å². The molecule has 1 fully saturated rings. The Hall–Kier alpha value is -1.70. The summed E-state index contributed by atoms with van der Waals surface area (Å²) in [6.07, 6.45) is 7.09. The highest BCUT2D eigenvalue weighted by Gasteiger charge is 2.27. The number of hydrogen-bond donors (Lipinski definition) is 2. The van der Waals surface area contributed by atoms with E-state index in [4.69, 9.17) is 11.5 Å². The third kappa shape index (κ3) is 3.66. The lowest BCUT2D eigenvalue weighted by atomic mass is 10.1. The van der Waals surface area contributed by atoms with Crippen LogP contribution in [0.2, 0.25) is 0 Å². The maximum Gasteiger partial charge on any atom is 0.327 e. The Labute approximate surface area is 101 Å². The predicted octanol–water partition coefficient (Wildman–Crippen LogP) is 0.904. The van der Waals surface area contributed by atoms with Crippen molar-refractivity contribution in [1.29, 1.82) is 0 Å². The minimum Gasteiger partial charge on any atom is -0.480 e. The largest absolute Gasteiger partial charge is 0.480 e. The Bertz CT molecular complexity index is 335. The fourth-order valence-electron chi connectivity index (χ4n) is 1.91. The van der Waals surface area contributed by atoms with Gasteiger partial charge < -0.3 is 15.3 Å². The van der Waals surface area contributed by atoms with Gasteiger partial charge in [0.2, 0.25) is 0 Å². The van der Waals surface area contributed by atoms with Crippen molar-refractivity contribution in [2.45, 2.75) is 32.2 Å². The highest BCUT2D eigenvalue weighted by atomic mass is 16.4. The minimum atomic E-state index is -1.09. The van der Waals surface area contributed by atoms with Crippen LogP contribution >= 0.6 is 0 Å². The van der Waals surface area contributed by atoms with E-state index in [2.05, 4.69) is 18.2 Å². The zero-order valence-corrected chi connectivity index (χ0v) is 9.98. The number of aliphatic carboxylic acids is 1. The summed E-state index contributed by atoms with van der Waals surface area (Å²) >= 11 is 0. The lowest BCUT2D eigenvalue weighted by Gasteiger charge is -2.20. The number of likely N-dealkylation sites (tertiary alicyclic amines) is 1.